The van der Waals surface area contributed by atoms with E-state index in [-0.39, 0.29) is 5.91 Å². The number of rotatable bonds is 1. The second-order valence-electron chi connectivity index (χ2n) is 5.35. The zero-order valence-corrected chi connectivity index (χ0v) is 13.4. The molecule has 0 aliphatic carbocycles. The molecule has 110 valence electrons. The summed E-state index contributed by atoms with van der Waals surface area (Å²) in [6, 6.07) is 3.77. The third-order valence-electron chi connectivity index (χ3n) is 3.73. The molecule has 0 bridgehead atoms. The number of hydrogen-bond donors (Lipinski definition) is 0. The molecule has 0 atom stereocenters. The molecule has 7 heteroatoms. The van der Waals surface area contributed by atoms with Crippen molar-refractivity contribution in [1.82, 2.24) is 24.5 Å². The van der Waals surface area contributed by atoms with E-state index in [1.54, 1.807) is 27.9 Å². The Morgan fingerprint density at radius 3 is 3.05 bits per heavy atom. The van der Waals surface area contributed by atoms with Crippen LogP contribution >= 0.6 is 15.9 Å². The van der Waals surface area contributed by atoms with Crippen LogP contribution in [0, 0.1) is 6.92 Å². The summed E-state index contributed by atoms with van der Waals surface area (Å²) in [6.45, 7) is 3.11. The maximum Gasteiger partial charge on any atom is 0.273 e. The molecule has 0 saturated heterocycles. The maximum atomic E-state index is 12.7. The Morgan fingerprint density at radius 1 is 1.32 bits per heavy atom. The first kappa shape index (κ1) is 13.4. The van der Waals surface area contributed by atoms with Crippen LogP contribution in [0.25, 0.3) is 5.65 Å². The van der Waals surface area contributed by atoms with Crippen molar-refractivity contribution >= 4 is 27.5 Å². The predicted octanol–water partition coefficient (Wildman–Crippen LogP) is 2.35. The zero-order chi connectivity index (χ0) is 15.3. The molecule has 1 aliphatic rings. The fourth-order valence-corrected chi connectivity index (χ4v) is 3.01. The molecule has 0 aromatic carbocycles. The number of amides is 1. The molecule has 4 heterocycles. The average molecular weight is 358 g/mol. The van der Waals surface area contributed by atoms with Crippen LogP contribution in [0.15, 0.2) is 35.2 Å². The lowest BCUT2D eigenvalue weighted by Crippen LogP contribution is -2.26. The molecule has 0 fully saturated rings. The number of hydrogen-bond acceptors (Lipinski definition) is 4. The minimum absolute atomic E-state index is 0.0914. The predicted molar refractivity (Wildman–Crippen MR) is 83.2 cm³/mol. The molecule has 0 unspecified atom stereocenters. The Bertz CT molecular complexity index is 904. The molecule has 6 nitrogen and oxygen atoms in total. The molecule has 22 heavy (non-hydrogen) atoms. The molecule has 3 aromatic heterocycles. The highest BCUT2D eigenvalue weighted by molar-refractivity contribution is 9.10. The monoisotopic (exact) mass is 357 g/mol. The molecule has 0 spiro atoms. The Morgan fingerprint density at radius 2 is 2.18 bits per heavy atom. The zero-order valence-electron chi connectivity index (χ0n) is 11.8. The number of carbonyl (C=O) groups excluding carboxylic acids is 1. The smallest absolute Gasteiger partial charge is 0.273 e. The standard InChI is InChI=1S/C15H12BrN5O/c1-9-4-10-7-20(8-13(10)17-5-9)15(22)12-2-3-21-14(19-12)11(16)6-18-21/h2-6H,7-8H2,1H3. The highest BCUT2D eigenvalue weighted by Gasteiger charge is 2.26. The van der Waals surface area contributed by atoms with E-state index in [2.05, 4.69) is 37.1 Å². The lowest BCUT2D eigenvalue weighted by Gasteiger charge is -2.14. The first-order chi connectivity index (χ1) is 10.6. The van der Waals surface area contributed by atoms with Crippen molar-refractivity contribution in [2.45, 2.75) is 20.0 Å². The van der Waals surface area contributed by atoms with E-state index in [1.165, 1.54) is 0 Å². The lowest BCUT2D eigenvalue weighted by atomic mass is 10.2. The maximum absolute atomic E-state index is 12.7. The van der Waals surface area contributed by atoms with Crippen LogP contribution < -0.4 is 0 Å². The van der Waals surface area contributed by atoms with Crippen LogP contribution in [-0.4, -0.2) is 30.4 Å². The van der Waals surface area contributed by atoms with Gasteiger partial charge in [0.15, 0.2) is 5.65 Å². The van der Waals surface area contributed by atoms with Crippen molar-refractivity contribution in [2.24, 2.45) is 0 Å². The Balaban J connectivity index is 1.65. The Hall–Kier alpha value is -2.28. The van der Waals surface area contributed by atoms with Crippen LogP contribution in [0.3, 0.4) is 0 Å². The molecule has 1 aliphatic heterocycles. The van der Waals surface area contributed by atoms with Gasteiger partial charge >= 0.3 is 0 Å². The number of aryl methyl sites for hydroxylation is 1. The van der Waals surface area contributed by atoms with Crippen molar-refractivity contribution in [1.29, 1.82) is 0 Å². The second-order valence-corrected chi connectivity index (χ2v) is 6.21. The molecule has 4 rings (SSSR count). The van der Waals surface area contributed by atoms with Gasteiger partial charge in [0.2, 0.25) is 0 Å². The van der Waals surface area contributed by atoms with E-state index >= 15 is 0 Å². The average Bonchev–Trinajstić information content (AvgIpc) is 3.10. The molecule has 0 radical (unpaired) electrons. The number of halogens is 1. The van der Waals surface area contributed by atoms with Crippen LogP contribution in [0.4, 0.5) is 0 Å². The quantitative estimate of drug-likeness (QED) is 0.670. The van der Waals surface area contributed by atoms with E-state index in [4.69, 9.17) is 0 Å². The van der Waals surface area contributed by atoms with Gasteiger partial charge in [-0.2, -0.15) is 5.10 Å². The third kappa shape index (κ3) is 2.09. The summed E-state index contributed by atoms with van der Waals surface area (Å²) in [5.41, 5.74) is 4.23. The van der Waals surface area contributed by atoms with Gasteiger partial charge in [0.1, 0.15) is 5.69 Å². The van der Waals surface area contributed by atoms with Crippen molar-refractivity contribution in [3.05, 3.63) is 57.7 Å². The topological polar surface area (TPSA) is 63.4 Å². The van der Waals surface area contributed by atoms with Crippen molar-refractivity contribution in [3.8, 4) is 0 Å². The van der Waals surface area contributed by atoms with Gasteiger partial charge in [0, 0.05) is 18.9 Å². The van der Waals surface area contributed by atoms with E-state index in [0.717, 1.165) is 21.3 Å². The number of fused-ring (bicyclic) bond motifs is 2. The first-order valence-electron chi connectivity index (χ1n) is 6.85. The fraction of sp³-hybridized carbons (Fsp3) is 0.200. The minimum Gasteiger partial charge on any atom is -0.327 e. The van der Waals surface area contributed by atoms with Gasteiger partial charge in [-0.25, -0.2) is 9.50 Å². The fourth-order valence-electron chi connectivity index (χ4n) is 2.65. The van der Waals surface area contributed by atoms with Gasteiger partial charge in [-0.15, -0.1) is 0 Å². The van der Waals surface area contributed by atoms with Gasteiger partial charge in [0.05, 0.1) is 22.9 Å². The van der Waals surface area contributed by atoms with Crippen LogP contribution in [0.2, 0.25) is 0 Å². The summed E-state index contributed by atoms with van der Waals surface area (Å²) >= 11 is 3.38. The van der Waals surface area contributed by atoms with Gasteiger partial charge in [0.25, 0.3) is 5.91 Å². The molecule has 0 N–H and O–H groups in total. The van der Waals surface area contributed by atoms with Gasteiger partial charge in [-0.1, -0.05) is 6.07 Å². The summed E-state index contributed by atoms with van der Waals surface area (Å²) in [7, 11) is 0. The molecule has 1 amide bonds. The summed E-state index contributed by atoms with van der Waals surface area (Å²) < 4.78 is 2.40. The minimum atomic E-state index is -0.0914. The Kier molecular flexibility index (Phi) is 2.97. The number of pyridine rings is 1. The number of aromatic nitrogens is 4. The lowest BCUT2D eigenvalue weighted by molar-refractivity contribution is 0.0744. The van der Waals surface area contributed by atoms with Crippen molar-refractivity contribution in [2.75, 3.05) is 0 Å². The molecule has 0 saturated carbocycles. The highest BCUT2D eigenvalue weighted by atomic mass is 79.9. The third-order valence-corrected chi connectivity index (χ3v) is 4.29. The van der Waals surface area contributed by atoms with Crippen LogP contribution in [-0.2, 0) is 13.1 Å². The van der Waals surface area contributed by atoms with E-state index in [9.17, 15) is 4.79 Å². The van der Waals surface area contributed by atoms with Gasteiger partial charge in [-0.3, -0.25) is 9.78 Å². The summed E-state index contributed by atoms with van der Waals surface area (Å²) in [4.78, 5) is 23.2. The number of carbonyl (C=O) groups is 1. The molecular weight excluding hydrogens is 346 g/mol. The van der Waals surface area contributed by atoms with Crippen LogP contribution in [0.1, 0.15) is 27.3 Å². The van der Waals surface area contributed by atoms with Gasteiger partial charge < -0.3 is 4.90 Å². The van der Waals surface area contributed by atoms with Crippen LogP contribution in [0.5, 0.6) is 0 Å². The summed E-state index contributed by atoms with van der Waals surface area (Å²) in [5.74, 6) is -0.0914. The summed E-state index contributed by atoms with van der Waals surface area (Å²) in [5, 5.41) is 4.13. The highest BCUT2D eigenvalue weighted by Crippen LogP contribution is 2.23. The van der Waals surface area contributed by atoms with Gasteiger partial charge in [-0.05, 0) is 40.0 Å². The van der Waals surface area contributed by atoms with Crippen molar-refractivity contribution < 1.29 is 4.79 Å². The van der Waals surface area contributed by atoms with E-state index in [1.807, 2.05) is 13.1 Å². The SMILES string of the molecule is Cc1cnc2c(c1)CN(C(=O)c1ccn3ncc(Br)c3n1)C2. The van der Waals surface area contributed by atoms with Crippen molar-refractivity contribution in [3.63, 3.8) is 0 Å². The largest absolute Gasteiger partial charge is 0.327 e. The van der Waals surface area contributed by atoms with E-state index < -0.39 is 0 Å². The summed E-state index contributed by atoms with van der Waals surface area (Å²) in [6.07, 6.45) is 5.24. The molecule has 3 aromatic rings. The number of nitrogens with zero attached hydrogens (tertiary/aromatic N) is 5. The second kappa shape index (κ2) is 4.88. The first-order valence-corrected chi connectivity index (χ1v) is 7.65. The Labute approximate surface area is 134 Å². The molecular formula is C15H12BrN5O. The normalized spacial score (nSPS) is 13.6. The van der Waals surface area contributed by atoms with E-state index in [0.29, 0.717) is 24.4 Å².